The SMILES string of the molecule is CCN(CC)CCCCNC(=NCCCOCC1CC1)Nc1ccc2c(c1)OCCCO2.I. The van der Waals surface area contributed by atoms with Gasteiger partial charge in [0.2, 0.25) is 0 Å². The minimum Gasteiger partial charge on any atom is -0.490 e. The highest BCUT2D eigenvalue weighted by Crippen LogP contribution is 2.32. The molecule has 0 saturated heterocycles. The Kier molecular flexibility index (Phi) is 13.9. The first kappa shape index (κ1) is 28.0. The Morgan fingerprint density at radius 2 is 1.88 bits per heavy atom. The van der Waals surface area contributed by atoms with E-state index < -0.39 is 0 Å². The fraction of sp³-hybridized carbons (Fsp3) is 0.720. The van der Waals surface area contributed by atoms with Crippen molar-refractivity contribution in [3.8, 4) is 11.5 Å². The molecule has 1 aliphatic heterocycles. The maximum Gasteiger partial charge on any atom is 0.195 e. The van der Waals surface area contributed by atoms with Gasteiger partial charge < -0.3 is 29.7 Å². The van der Waals surface area contributed by atoms with Crippen molar-refractivity contribution in [2.24, 2.45) is 10.9 Å². The summed E-state index contributed by atoms with van der Waals surface area (Å²) >= 11 is 0. The summed E-state index contributed by atoms with van der Waals surface area (Å²) in [6, 6.07) is 5.98. The molecule has 1 aliphatic carbocycles. The largest absolute Gasteiger partial charge is 0.490 e. The van der Waals surface area contributed by atoms with Gasteiger partial charge in [0.15, 0.2) is 17.5 Å². The average Bonchev–Trinajstić information content (AvgIpc) is 3.65. The van der Waals surface area contributed by atoms with Crippen LogP contribution in [-0.2, 0) is 4.74 Å². The van der Waals surface area contributed by atoms with E-state index in [1.807, 2.05) is 18.2 Å². The Bertz CT molecular complexity index is 696. The van der Waals surface area contributed by atoms with Crippen molar-refractivity contribution in [3.63, 3.8) is 0 Å². The lowest BCUT2D eigenvalue weighted by molar-refractivity contribution is 0.123. The minimum absolute atomic E-state index is 0. The number of nitrogens with one attached hydrogen (secondary N) is 2. The van der Waals surface area contributed by atoms with Crippen LogP contribution in [0.1, 0.15) is 52.4 Å². The van der Waals surface area contributed by atoms with Crippen molar-refractivity contribution in [3.05, 3.63) is 18.2 Å². The van der Waals surface area contributed by atoms with Gasteiger partial charge in [0, 0.05) is 44.5 Å². The van der Waals surface area contributed by atoms with Crippen LogP contribution in [0.2, 0.25) is 0 Å². The number of benzene rings is 1. The van der Waals surface area contributed by atoms with Crippen molar-refractivity contribution in [2.45, 2.75) is 52.4 Å². The summed E-state index contributed by atoms with van der Waals surface area (Å²) in [6.45, 7) is 12.5. The van der Waals surface area contributed by atoms with Crippen molar-refractivity contribution < 1.29 is 14.2 Å². The van der Waals surface area contributed by atoms with Crippen LogP contribution >= 0.6 is 24.0 Å². The molecule has 33 heavy (non-hydrogen) atoms. The van der Waals surface area contributed by atoms with E-state index in [0.717, 1.165) is 94.3 Å². The van der Waals surface area contributed by atoms with Gasteiger partial charge in [-0.2, -0.15) is 0 Å². The summed E-state index contributed by atoms with van der Waals surface area (Å²) < 4.78 is 17.3. The van der Waals surface area contributed by atoms with Crippen LogP contribution < -0.4 is 20.1 Å². The lowest BCUT2D eigenvalue weighted by Gasteiger charge is -2.18. The van der Waals surface area contributed by atoms with Gasteiger partial charge in [-0.3, -0.25) is 4.99 Å². The molecule has 8 heteroatoms. The third-order valence-electron chi connectivity index (χ3n) is 5.87. The molecule has 1 saturated carbocycles. The van der Waals surface area contributed by atoms with E-state index in [9.17, 15) is 0 Å². The number of rotatable bonds is 14. The molecule has 0 radical (unpaired) electrons. The van der Waals surface area contributed by atoms with Crippen LogP contribution in [0.25, 0.3) is 0 Å². The quantitative estimate of drug-likeness (QED) is 0.145. The summed E-state index contributed by atoms with van der Waals surface area (Å²) in [5, 5.41) is 6.94. The number of ether oxygens (including phenoxy) is 3. The topological polar surface area (TPSA) is 67.4 Å². The van der Waals surface area contributed by atoms with Gasteiger partial charge in [-0.25, -0.2) is 0 Å². The van der Waals surface area contributed by atoms with Gasteiger partial charge in [0.05, 0.1) is 13.2 Å². The summed E-state index contributed by atoms with van der Waals surface area (Å²) in [4.78, 5) is 7.24. The van der Waals surface area contributed by atoms with Gasteiger partial charge >= 0.3 is 0 Å². The van der Waals surface area contributed by atoms with E-state index in [2.05, 4.69) is 29.4 Å². The molecule has 3 rings (SSSR count). The molecule has 7 nitrogen and oxygen atoms in total. The molecule has 2 aliphatic rings. The Morgan fingerprint density at radius 1 is 1.09 bits per heavy atom. The van der Waals surface area contributed by atoms with Crippen LogP contribution in [0.4, 0.5) is 5.69 Å². The van der Waals surface area contributed by atoms with Crippen LogP contribution in [0.15, 0.2) is 23.2 Å². The first-order chi connectivity index (χ1) is 15.8. The second-order valence-electron chi connectivity index (χ2n) is 8.60. The highest BCUT2D eigenvalue weighted by Gasteiger charge is 2.20. The molecule has 1 fully saturated rings. The van der Waals surface area contributed by atoms with Crippen LogP contribution in [0.3, 0.4) is 0 Å². The summed E-state index contributed by atoms with van der Waals surface area (Å²) in [5.74, 6) is 3.22. The zero-order valence-corrected chi connectivity index (χ0v) is 22.8. The van der Waals surface area contributed by atoms with Crippen molar-refractivity contribution >= 4 is 35.6 Å². The van der Waals surface area contributed by atoms with E-state index in [1.165, 1.54) is 19.3 Å². The lowest BCUT2D eigenvalue weighted by atomic mass is 10.2. The highest BCUT2D eigenvalue weighted by atomic mass is 127. The third-order valence-corrected chi connectivity index (χ3v) is 5.87. The van der Waals surface area contributed by atoms with Gasteiger partial charge in [-0.1, -0.05) is 13.8 Å². The molecular formula is C25H43IN4O3. The van der Waals surface area contributed by atoms with Crippen LogP contribution in [0, 0.1) is 5.92 Å². The molecule has 0 aromatic heterocycles. The van der Waals surface area contributed by atoms with Gasteiger partial charge in [-0.15, -0.1) is 24.0 Å². The third kappa shape index (κ3) is 11.1. The van der Waals surface area contributed by atoms with Crippen LogP contribution in [-0.4, -0.2) is 70.0 Å². The Morgan fingerprint density at radius 3 is 2.64 bits per heavy atom. The number of anilines is 1. The van der Waals surface area contributed by atoms with Crippen molar-refractivity contribution in [1.29, 1.82) is 0 Å². The second-order valence-corrected chi connectivity index (χ2v) is 8.60. The first-order valence-corrected chi connectivity index (χ1v) is 12.5. The molecule has 1 heterocycles. The monoisotopic (exact) mass is 574 g/mol. The standard InChI is InChI=1S/C25H42N4O3.HI/c1-3-29(4-2)15-6-5-13-26-25(27-14-7-16-30-20-21-9-10-21)28-22-11-12-23-24(19-22)32-18-8-17-31-23;/h11-12,19,21H,3-10,13-18,20H2,1-2H3,(H2,26,27,28);1H. The maximum atomic E-state index is 5.83. The number of unbranched alkanes of at least 4 members (excludes halogenated alkanes) is 1. The molecule has 0 atom stereocenters. The predicted octanol–water partition coefficient (Wildman–Crippen LogP) is 4.76. The zero-order valence-electron chi connectivity index (χ0n) is 20.4. The number of nitrogens with zero attached hydrogens (tertiary/aromatic N) is 2. The second kappa shape index (κ2) is 16.4. The van der Waals surface area contributed by atoms with Gasteiger partial charge in [0.1, 0.15) is 0 Å². The normalized spacial score (nSPS) is 15.7. The number of guanidine groups is 1. The number of aliphatic imine (C=N–C) groups is 1. The molecule has 2 N–H and O–H groups in total. The van der Waals surface area contributed by atoms with E-state index in [-0.39, 0.29) is 24.0 Å². The zero-order chi connectivity index (χ0) is 22.4. The number of fused-ring (bicyclic) bond motifs is 1. The molecule has 0 spiro atoms. The first-order valence-electron chi connectivity index (χ1n) is 12.5. The number of hydrogen-bond acceptors (Lipinski definition) is 5. The number of halogens is 1. The Balaban J connectivity index is 0.00000385. The van der Waals surface area contributed by atoms with Crippen LogP contribution in [0.5, 0.6) is 11.5 Å². The minimum atomic E-state index is 0. The maximum absolute atomic E-state index is 5.83. The average molecular weight is 575 g/mol. The predicted molar refractivity (Wildman–Crippen MR) is 147 cm³/mol. The summed E-state index contributed by atoms with van der Waals surface area (Å²) in [6.07, 6.45) is 6.80. The summed E-state index contributed by atoms with van der Waals surface area (Å²) in [7, 11) is 0. The molecule has 0 amide bonds. The summed E-state index contributed by atoms with van der Waals surface area (Å²) in [5.41, 5.74) is 0.952. The molecule has 1 aromatic carbocycles. The fourth-order valence-electron chi connectivity index (χ4n) is 3.62. The van der Waals surface area contributed by atoms with E-state index in [0.29, 0.717) is 13.2 Å². The molecule has 188 valence electrons. The fourth-order valence-corrected chi connectivity index (χ4v) is 3.62. The Labute approximate surface area is 217 Å². The molecule has 1 aromatic rings. The lowest BCUT2D eigenvalue weighted by Crippen LogP contribution is -2.32. The molecule has 0 bridgehead atoms. The molecule has 0 unspecified atom stereocenters. The molecular weight excluding hydrogens is 531 g/mol. The van der Waals surface area contributed by atoms with E-state index in [1.54, 1.807) is 0 Å². The highest BCUT2D eigenvalue weighted by molar-refractivity contribution is 14.0. The smallest absolute Gasteiger partial charge is 0.195 e. The van der Waals surface area contributed by atoms with E-state index >= 15 is 0 Å². The Hall–Kier alpha value is -1.26. The van der Waals surface area contributed by atoms with Gasteiger partial charge in [0.25, 0.3) is 0 Å². The van der Waals surface area contributed by atoms with Crippen molar-refractivity contribution in [1.82, 2.24) is 10.2 Å². The van der Waals surface area contributed by atoms with E-state index in [4.69, 9.17) is 19.2 Å². The number of hydrogen-bond donors (Lipinski definition) is 2. The van der Waals surface area contributed by atoms with Crippen molar-refractivity contribution in [2.75, 3.05) is 64.5 Å². The van der Waals surface area contributed by atoms with Gasteiger partial charge in [-0.05, 0) is 69.8 Å².